The summed E-state index contributed by atoms with van der Waals surface area (Å²) in [6.07, 6.45) is 4.08. The van der Waals surface area contributed by atoms with Crippen molar-refractivity contribution >= 4 is 17.7 Å². The molecule has 1 fully saturated rings. The van der Waals surface area contributed by atoms with E-state index in [1.165, 1.54) is 7.11 Å². The normalized spacial score (nSPS) is 14.8. The van der Waals surface area contributed by atoms with Crippen LogP contribution in [0.2, 0.25) is 0 Å². The zero-order chi connectivity index (χ0) is 15.2. The molecule has 21 heavy (non-hydrogen) atoms. The lowest BCUT2D eigenvalue weighted by Crippen LogP contribution is -2.44. The van der Waals surface area contributed by atoms with Gasteiger partial charge in [0, 0.05) is 11.7 Å². The van der Waals surface area contributed by atoms with Crippen LogP contribution in [-0.4, -0.2) is 36.6 Å². The number of carbonyl (C=O) groups is 2. The summed E-state index contributed by atoms with van der Waals surface area (Å²) in [7, 11) is 1.34. The van der Waals surface area contributed by atoms with Gasteiger partial charge in [-0.05, 0) is 37.5 Å². The Morgan fingerprint density at radius 1 is 1.33 bits per heavy atom. The van der Waals surface area contributed by atoms with E-state index in [-0.39, 0.29) is 24.6 Å². The predicted octanol–water partition coefficient (Wildman–Crippen LogP) is 2.94. The molecule has 2 rings (SSSR count). The maximum Gasteiger partial charge on any atom is 0.325 e. The number of aryl methyl sites for hydroxylation is 1. The average Bonchev–Trinajstić information content (AvgIpc) is 2.98. The van der Waals surface area contributed by atoms with E-state index in [0.717, 1.165) is 36.9 Å². The number of nitrogens with zero attached hydrogens (tertiary/aromatic N) is 1. The van der Waals surface area contributed by atoms with Gasteiger partial charge in [-0.25, -0.2) is 4.79 Å². The van der Waals surface area contributed by atoms with Gasteiger partial charge in [0.1, 0.15) is 6.54 Å². The van der Waals surface area contributed by atoms with E-state index in [1.807, 2.05) is 31.2 Å². The van der Waals surface area contributed by atoms with Crippen molar-refractivity contribution in [3.8, 4) is 0 Å². The van der Waals surface area contributed by atoms with Crippen LogP contribution in [0.5, 0.6) is 0 Å². The molecular formula is C16H22N2O3. The van der Waals surface area contributed by atoms with Crippen LogP contribution in [0.4, 0.5) is 10.5 Å². The molecule has 0 atom stereocenters. The van der Waals surface area contributed by atoms with Crippen molar-refractivity contribution in [1.29, 1.82) is 0 Å². The molecule has 0 radical (unpaired) electrons. The summed E-state index contributed by atoms with van der Waals surface area (Å²) in [6, 6.07) is 7.50. The Morgan fingerprint density at radius 2 is 2.05 bits per heavy atom. The lowest BCUT2D eigenvalue weighted by atomic mass is 10.2. The van der Waals surface area contributed by atoms with Gasteiger partial charge in [-0.1, -0.05) is 25.0 Å². The van der Waals surface area contributed by atoms with Gasteiger partial charge in [-0.2, -0.15) is 0 Å². The van der Waals surface area contributed by atoms with Crippen molar-refractivity contribution in [2.45, 2.75) is 38.6 Å². The molecule has 1 saturated carbocycles. The minimum Gasteiger partial charge on any atom is -0.468 e. The molecule has 1 aliphatic carbocycles. The Kier molecular flexibility index (Phi) is 5.20. The second-order valence-corrected chi connectivity index (χ2v) is 5.44. The van der Waals surface area contributed by atoms with E-state index < -0.39 is 0 Å². The number of anilines is 1. The van der Waals surface area contributed by atoms with Crippen molar-refractivity contribution in [3.05, 3.63) is 29.8 Å². The topological polar surface area (TPSA) is 58.6 Å². The minimum absolute atomic E-state index is 0.00117. The molecule has 0 saturated heterocycles. The van der Waals surface area contributed by atoms with E-state index in [0.29, 0.717) is 0 Å². The second-order valence-electron chi connectivity index (χ2n) is 5.44. The third-order valence-electron chi connectivity index (χ3n) is 3.82. The third kappa shape index (κ3) is 4.21. The number of urea groups is 1. The van der Waals surface area contributed by atoms with Crippen molar-refractivity contribution < 1.29 is 14.3 Å². The quantitative estimate of drug-likeness (QED) is 0.867. The van der Waals surface area contributed by atoms with Gasteiger partial charge in [-0.15, -0.1) is 0 Å². The zero-order valence-electron chi connectivity index (χ0n) is 12.6. The van der Waals surface area contributed by atoms with Crippen LogP contribution in [0.1, 0.15) is 31.2 Å². The second kappa shape index (κ2) is 7.11. The van der Waals surface area contributed by atoms with Crippen molar-refractivity contribution in [1.82, 2.24) is 4.90 Å². The molecule has 5 heteroatoms. The number of benzene rings is 1. The maximum absolute atomic E-state index is 12.5. The van der Waals surface area contributed by atoms with Gasteiger partial charge in [0.05, 0.1) is 7.11 Å². The van der Waals surface area contributed by atoms with Crippen LogP contribution >= 0.6 is 0 Å². The number of hydrogen-bond acceptors (Lipinski definition) is 3. The first-order valence-corrected chi connectivity index (χ1v) is 7.31. The first kappa shape index (κ1) is 15.4. The molecule has 0 spiro atoms. The summed E-state index contributed by atoms with van der Waals surface area (Å²) in [5.41, 5.74) is 1.82. The fourth-order valence-corrected chi connectivity index (χ4v) is 2.70. The Bertz CT molecular complexity index is 510. The van der Waals surface area contributed by atoms with E-state index in [4.69, 9.17) is 4.74 Å². The number of nitrogens with one attached hydrogen (secondary N) is 1. The third-order valence-corrected chi connectivity index (χ3v) is 3.82. The van der Waals surface area contributed by atoms with E-state index in [2.05, 4.69) is 5.32 Å². The molecular weight excluding hydrogens is 268 g/mol. The lowest BCUT2D eigenvalue weighted by Gasteiger charge is -2.28. The first-order chi connectivity index (χ1) is 10.1. The molecule has 1 aromatic carbocycles. The van der Waals surface area contributed by atoms with Crippen molar-refractivity contribution in [2.75, 3.05) is 19.0 Å². The molecule has 0 aromatic heterocycles. The van der Waals surface area contributed by atoms with Crippen molar-refractivity contribution in [3.63, 3.8) is 0 Å². The average molecular weight is 290 g/mol. The SMILES string of the molecule is COC(=O)CN(C(=O)Nc1cccc(C)c1)C1CCCC1. The number of methoxy groups -OCH3 is 1. The summed E-state index contributed by atoms with van der Waals surface area (Å²) in [6.45, 7) is 1.97. The van der Waals surface area contributed by atoms with Gasteiger partial charge < -0.3 is 15.0 Å². The smallest absolute Gasteiger partial charge is 0.325 e. The first-order valence-electron chi connectivity index (χ1n) is 7.31. The largest absolute Gasteiger partial charge is 0.468 e. The van der Waals surface area contributed by atoms with Gasteiger partial charge in [0.25, 0.3) is 0 Å². The predicted molar refractivity (Wildman–Crippen MR) is 81.2 cm³/mol. The molecule has 1 aliphatic rings. The van der Waals surface area contributed by atoms with E-state index in [1.54, 1.807) is 4.90 Å². The molecule has 0 heterocycles. The highest BCUT2D eigenvalue weighted by Gasteiger charge is 2.28. The number of rotatable bonds is 4. The molecule has 114 valence electrons. The highest BCUT2D eigenvalue weighted by atomic mass is 16.5. The minimum atomic E-state index is -0.388. The molecule has 2 amide bonds. The summed E-state index contributed by atoms with van der Waals surface area (Å²) >= 11 is 0. The Hall–Kier alpha value is -2.04. The van der Waals surface area contributed by atoms with Gasteiger partial charge in [0.15, 0.2) is 0 Å². The number of carbonyl (C=O) groups excluding carboxylic acids is 2. The van der Waals surface area contributed by atoms with Crippen LogP contribution in [0, 0.1) is 6.92 Å². The number of amides is 2. The summed E-state index contributed by atoms with van der Waals surface area (Å²) < 4.78 is 4.70. The Morgan fingerprint density at radius 3 is 2.67 bits per heavy atom. The number of ether oxygens (including phenoxy) is 1. The van der Waals surface area contributed by atoms with Gasteiger partial charge in [0.2, 0.25) is 0 Å². The highest BCUT2D eigenvalue weighted by molar-refractivity contribution is 5.91. The molecule has 0 bridgehead atoms. The molecule has 1 aromatic rings. The summed E-state index contributed by atoms with van der Waals surface area (Å²) in [5.74, 6) is -0.388. The zero-order valence-corrected chi connectivity index (χ0v) is 12.6. The van der Waals surface area contributed by atoms with Gasteiger partial charge >= 0.3 is 12.0 Å². The Balaban J connectivity index is 2.07. The number of esters is 1. The Labute approximate surface area is 125 Å². The molecule has 5 nitrogen and oxygen atoms in total. The molecule has 0 aliphatic heterocycles. The summed E-state index contributed by atoms with van der Waals surface area (Å²) in [5, 5.41) is 2.87. The monoisotopic (exact) mass is 290 g/mol. The molecule has 1 N–H and O–H groups in total. The van der Waals surface area contributed by atoms with Gasteiger partial charge in [-0.3, -0.25) is 4.79 Å². The van der Waals surface area contributed by atoms with Crippen LogP contribution in [0.3, 0.4) is 0 Å². The highest BCUT2D eigenvalue weighted by Crippen LogP contribution is 2.24. The maximum atomic E-state index is 12.5. The summed E-state index contributed by atoms with van der Waals surface area (Å²) in [4.78, 5) is 25.6. The van der Waals surface area contributed by atoms with Crippen LogP contribution in [-0.2, 0) is 9.53 Å². The number of hydrogen-bond donors (Lipinski definition) is 1. The van der Waals surface area contributed by atoms with Crippen LogP contribution < -0.4 is 5.32 Å². The fourth-order valence-electron chi connectivity index (χ4n) is 2.70. The standard InChI is InChI=1S/C16H22N2O3/c1-12-6-5-7-13(10-12)17-16(20)18(11-15(19)21-2)14-8-3-4-9-14/h5-7,10,14H,3-4,8-9,11H2,1-2H3,(H,17,20). The molecule has 0 unspecified atom stereocenters. The van der Waals surface area contributed by atoms with Crippen LogP contribution in [0.25, 0.3) is 0 Å². The lowest BCUT2D eigenvalue weighted by molar-refractivity contribution is -0.141. The van der Waals surface area contributed by atoms with E-state index >= 15 is 0 Å². The fraction of sp³-hybridized carbons (Fsp3) is 0.500. The van der Waals surface area contributed by atoms with Crippen molar-refractivity contribution in [2.24, 2.45) is 0 Å². The van der Waals surface area contributed by atoms with E-state index in [9.17, 15) is 9.59 Å². The van der Waals surface area contributed by atoms with Crippen LogP contribution in [0.15, 0.2) is 24.3 Å².